The number of nitrogens with one attached hydrogen (secondary N) is 1. The maximum atomic E-state index is 14.9. The van der Waals surface area contributed by atoms with Gasteiger partial charge in [0.25, 0.3) is 5.91 Å². The molecule has 0 aliphatic heterocycles. The summed E-state index contributed by atoms with van der Waals surface area (Å²) in [7, 11) is 0. The molecule has 0 saturated heterocycles. The highest BCUT2D eigenvalue weighted by Crippen LogP contribution is 2.38. The molecule has 7 nitrogen and oxygen atoms in total. The van der Waals surface area contributed by atoms with Crippen LogP contribution in [-0.4, -0.2) is 23.6 Å². The van der Waals surface area contributed by atoms with E-state index in [1.165, 1.54) is 48.5 Å². The number of nitrogens with zero attached hydrogens (tertiary/aromatic N) is 1. The quantitative estimate of drug-likeness (QED) is 0.394. The Hall–Kier alpha value is -3.51. The van der Waals surface area contributed by atoms with Crippen molar-refractivity contribution in [2.75, 3.05) is 11.9 Å². The van der Waals surface area contributed by atoms with Gasteiger partial charge >= 0.3 is 5.97 Å². The fraction of sp³-hybridized carbons (Fsp3) is 0.0455. The molecule has 0 radical (unpaired) electrons. The first-order valence-electron chi connectivity index (χ1n) is 9.00. The number of anilines is 1. The molecule has 2 N–H and O–H groups in total. The Bertz CT molecular complexity index is 1290. The van der Waals surface area contributed by atoms with Crippen LogP contribution in [0, 0.1) is 17.1 Å². The van der Waals surface area contributed by atoms with E-state index in [0.717, 1.165) is 0 Å². The van der Waals surface area contributed by atoms with Crippen molar-refractivity contribution in [3.63, 3.8) is 0 Å². The number of hydrogen-bond donors (Lipinski definition) is 2. The highest BCUT2D eigenvalue weighted by atomic mass is 35.5. The van der Waals surface area contributed by atoms with Gasteiger partial charge in [0.2, 0.25) is 5.82 Å². The second-order valence-electron chi connectivity index (χ2n) is 6.41. The van der Waals surface area contributed by atoms with Crippen LogP contribution in [-0.2, 0) is 4.79 Å². The minimum atomic E-state index is -1.17. The summed E-state index contributed by atoms with van der Waals surface area (Å²) in [6.45, 7) is -0.593. The molecule has 0 aromatic heterocycles. The summed E-state index contributed by atoms with van der Waals surface area (Å²) >= 11 is 17.9. The van der Waals surface area contributed by atoms with Crippen molar-refractivity contribution in [2.24, 2.45) is 0 Å². The van der Waals surface area contributed by atoms with Crippen LogP contribution >= 0.6 is 34.8 Å². The molecular weight excluding hydrogens is 498 g/mol. The molecule has 0 fully saturated rings. The fourth-order valence-corrected chi connectivity index (χ4v) is 3.24. The summed E-state index contributed by atoms with van der Waals surface area (Å²) in [4.78, 5) is 23.1. The topological polar surface area (TPSA) is 109 Å². The van der Waals surface area contributed by atoms with E-state index in [9.17, 15) is 14.0 Å². The molecule has 1 amide bonds. The largest absolute Gasteiger partial charge is 0.481 e. The molecule has 3 aromatic rings. The molecule has 3 rings (SSSR count). The van der Waals surface area contributed by atoms with Gasteiger partial charge in [-0.05, 0) is 48.5 Å². The fourth-order valence-electron chi connectivity index (χ4n) is 2.60. The van der Waals surface area contributed by atoms with Crippen LogP contribution in [0.5, 0.6) is 17.2 Å². The Labute approximate surface area is 201 Å². The van der Waals surface area contributed by atoms with E-state index in [4.69, 9.17) is 54.6 Å². The summed E-state index contributed by atoms with van der Waals surface area (Å²) < 4.78 is 25.6. The first-order chi connectivity index (χ1) is 15.7. The zero-order valence-electron chi connectivity index (χ0n) is 16.4. The molecule has 3 aromatic carbocycles. The maximum Gasteiger partial charge on any atom is 0.335 e. The van der Waals surface area contributed by atoms with Gasteiger partial charge in [-0.2, -0.15) is 9.65 Å². The number of nitriles is 1. The summed E-state index contributed by atoms with van der Waals surface area (Å²) in [5.74, 6) is -3.44. The van der Waals surface area contributed by atoms with E-state index in [0.29, 0.717) is 0 Å². The number of ether oxygens (including phenoxy) is 2. The lowest BCUT2D eigenvalue weighted by molar-refractivity contribution is -0.118. The number of benzene rings is 3. The Morgan fingerprint density at radius 3 is 2.48 bits per heavy atom. The predicted octanol–water partition coefficient (Wildman–Crippen LogP) is 6.17. The standard InChI is InChI=1S/C22H12Cl3FN2O5/c23-13-5-11(9-27)6-14(8-13)33-21-15(24)2-4-18(20(21)26)32-10-19(29)28-17-3-1-12(22(30)31)7-16(17)25/h1-8H,10H2,(H,28,29)(H,30,31). The van der Waals surface area contributed by atoms with Gasteiger partial charge in [-0.25, -0.2) is 4.79 Å². The normalized spacial score (nSPS) is 10.3. The second-order valence-corrected chi connectivity index (χ2v) is 7.67. The smallest absolute Gasteiger partial charge is 0.335 e. The van der Waals surface area contributed by atoms with Crippen LogP contribution in [0.25, 0.3) is 0 Å². The van der Waals surface area contributed by atoms with Gasteiger partial charge in [-0.1, -0.05) is 34.8 Å². The van der Waals surface area contributed by atoms with Crippen LogP contribution in [0.1, 0.15) is 15.9 Å². The Balaban J connectivity index is 1.72. The third-order valence-electron chi connectivity index (χ3n) is 4.08. The zero-order valence-corrected chi connectivity index (χ0v) is 18.6. The van der Waals surface area contributed by atoms with Crippen LogP contribution in [0.2, 0.25) is 15.1 Å². The lowest BCUT2D eigenvalue weighted by atomic mass is 10.2. The molecule has 11 heteroatoms. The van der Waals surface area contributed by atoms with Crippen molar-refractivity contribution >= 4 is 52.4 Å². The third kappa shape index (κ3) is 6.05. The summed E-state index contributed by atoms with van der Waals surface area (Å²) in [5, 5.41) is 20.6. The number of carbonyl (C=O) groups is 2. The van der Waals surface area contributed by atoms with E-state index in [1.807, 2.05) is 6.07 Å². The van der Waals surface area contributed by atoms with Gasteiger partial charge in [0.15, 0.2) is 18.1 Å². The molecule has 0 spiro atoms. The van der Waals surface area contributed by atoms with Crippen molar-refractivity contribution < 1.29 is 28.6 Å². The van der Waals surface area contributed by atoms with Crippen molar-refractivity contribution in [3.8, 4) is 23.3 Å². The molecule has 0 aliphatic carbocycles. The highest BCUT2D eigenvalue weighted by molar-refractivity contribution is 6.34. The number of hydrogen-bond acceptors (Lipinski definition) is 5. The molecule has 33 heavy (non-hydrogen) atoms. The monoisotopic (exact) mass is 508 g/mol. The zero-order chi connectivity index (χ0) is 24.1. The van der Waals surface area contributed by atoms with Gasteiger partial charge < -0.3 is 19.9 Å². The number of halogens is 4. The third-order valence-corrected chi connectivity index (χ3v) is 4.91. The highest BCUT2D eigenvalue weighted by Gasteiger charge is 2.18. The predicted molar refractivity (Wildman–Crippen MR) is 120 cm³/mol. The number of carboxylic acids is 1. The summed E-state index contributed by atoms with van der Waals surface area (Å²) in [5.41, 5.74) is 0.310. The minimum absolute atomic E-state index is 0.00914. The molecule has 0 atom stereocenters. The van der Waals surface area contributed by atoms with E-state index < -0.39 is 24.3 Å². The lowest BCUT2D eigenvalue weighted by Crippen LogP contribution is -2.20. The molecule has 0 saturated carbocycles. The average Bonchev–Trinajstić information content (AvgIpc) is 2.77. The van der Waals surface area contributed by atoms with Gasteiger partial charge in [0.05, 0.1) is 32.9 Å². The van der Waals surface area contributed by atoms with E-state index in [2.05, 4.69) is 5.32 Å². The SMILES string of the molecule is N#Cc1cc(Cl)cc(Oc2c(Cl)ccc(OCC(=O)Nc3ccc(C(=O)O)cc3Cl)c2F)c1. The Kier molecular flexibility index (Phi) is 7.61. The average molecular weight is 510 g/mol. The van der Waals surface area contributed by atoms with Gasteiger partial charge in [-0.3, -0.25) is 4.79 Å². The molecule has 0 unspecified atom stereocenters. The Morgan fingerprint density at radius 2 is 1.82 bits per heavy atom. The first-order valence-corrected chi connectivity index (χ1v) is 10.1. The van der Waals surface area contributed by atoms with Crippen LogP contribution in [0.3, 0.4) is 0 Å². The molecular formula is C22H12Cl3FN2O5. The van der Waals surface area contributed by atoms with Crippen molar-refractivity contribution in [2.45, 2.75) is 0 Å². The van der Waals surface area contributed by atoms with E-state index >= 15 is 0 Å². The van der Waals surface area contributed by atoms with Gasteiger partial charge in [0, 0.05) is 5.02 Å². The van der Waals surface area contributed by atoms with Crippen LogP contribution in [0.4, 0.5) is 10.1 Å². The van der Waals surface area contributed by atoms with E-state index in [1.54, 1.807) is 0 Å². The molecule has 0 aliphatic rings. The summed E-state index contributed by atoms with van der Waals surface area (Å²) in [6.07, 6.45) is 0. The lowest BCUT2D eigenvalue weighted by Gasteiger charge is -2.13. The maximum absolute atomic E-state index is 14.9. The number of carbonyl (C=O) groups excluding carboxylic acids is 1. The first kappa shape index (κ1) is 24.1. The van der Waals surface area contributed by atoms with Crippen molar-refractivity contribution in [1.29, 1.82) is 5.26 Å². The van der Waals surface area contributed by atoms with E-state index in [-0.39, 0.29) is 49.1 Å². The van der Waals surface area contributed by atoms with Gasteiger partial charge in [-0.15, -0.1) is 0 Å². The number of aromatic carboxylic acids is 1. The summed E-state index contributed by atoms with van der Waals surface area (Å²) in [6, 6.07) is 12.3. The number of amides is 1. The number of carboxylic acid groups (broad SMARTS) is 1. The molecule has 0 heterocycles. The Morgan fingerprint density at radius 1 is 1.06 bits per heavy atom. The van der Waals surface area contributed by atoms with Crippen LogP contribution < -0.4 is 14.8 Å². The van der Waals surface area contributed by atoms with Crippen molar-refractivity contribution in [1.82, 2.24) is 0 Å². The van der Waals surface area contributed by atoms with Crippen LogP contribution in [0.15, 0.2) is 48.5 Å². The number of rotatable bonds is 7. The molecule has 168 valence electrons. The molecule has 0 bridgehead atoms. The van der Waals surface area contributed by atoms with Gasteiger partial charge in [0.1, 0.15) is 5.75 Å². The second kappa shape index (κ2) is 10.4. The van der Waals surface area contributed by atoms with Crippen molar-refractivity contribution in [3.05, 3.63) is 80.5 Å². The minimum Gasteiger partial charge on any atom is -0.481 e.